The number of nitrogens with zero attached hydrogens (tertiary/aromatic N) is 3. The standard InChI is InChI=1S/C15H20N4O3S/c1-10-6-19(7-11(10)8-23(16,21)22)15(20)12-4-3-5-13-14(12)18(2)9-17-13/h3-5,9-11H,6-8H2,1-2H3,(H2,16,21,22)/t10-,11+/m0/s1. The van der Waals surface area contributed by atoms with Gasteiger partial charge >= 0.3 is 0 Å². The number of hydrogen-bond donors (Lipinski definition) is 1. The van der Waals surface area contributed by atoms with Crippen molar-refractivity contribution in [2.24, 2.45) is 24.0 Å². The van der Waals surface area contributed by atoms with Gasteiger partial charge in [-0.3, -0.25) is 4.79 Å². The second-order valence-corrected chi connectivity index (χ2v) is 7.96. The number of para-hydroxylation sites is 1. The third-order valence-corrected chi connectivity index (χ3v) is 5.36. The maximum absolute atomic E-state index is 12.9. The first-order valence-corrected chi connectivity index (χ1v) is 9.17. The Morgan fingerprint density at radius 3 is 2.83 bits per heavy atom. The van der Waals surface area contributed by atoms with Crippen molar-refractivity contribution in [3.63, 3.8) is 0 Å². The van der Waals surface area contributed by atoms with Gasteiger partial charge in [-0.2, -0.15) is 0 Å². The third kappa shape index (κ3) is 3.09. The smallest absolute Gasteiger partial charge is 0.256 e. The fraction of sp³-hybridized carbons (Fsp3) is 0.467. The summed E-state index contributed by atoms with van der Waals surface area (Å²) in [6.07, 6.45) is 1.68. The Labute approximate surface area is 135 Å². The Balaban J connectivity index is 1.88. The van der Waals surface area contributed by atoms with Crippen molar-refractivity contribution in [3.05, 3.63) is 30.1 Å². The van der Waals surface area contributed by atoms with Crippen molar-refractivity contribution in [3.8, 4) is 0 Å². The minimum atomic E-state index is -3.54. The summed E-state index contributed by atoms with van der Waals surface area (Å²) in [5.74, 6) is -0.209. The Hall–Kier alpha value is -1.93. The summed E-state index contributed by atoms with van der Waals surface area (Å²) >= 11 is 0. The highest BCUT2D eigenvalue weighted by molar-refractivity contribution is 7.89. The van der Waals surface area contributed by atoms with Crippen LogP contribution >= 0.6 is 0 Å². The van der Waals surface area contributed by atoms with E-state index in [9.17, 15) is 13.2 Å². The number of carbonyl (C=O) groups excluding carboxylic acids is 1. The van der Waals surface area contributed by atoms with E-state index in [1.165, 1.54) is 0 Å². The molecule has 0 unspecified atom stereocenters. The number of aryl methyl sites for hydroxylation is 1. The number of hydrogen-bond acceptors (Lipinski definition) is 4. The Morgan fingerprint density at radius 2 is 2.13 bits per heavy atom. The highest BCUT2D eigenvalue weighted by Gasteiger charge is 2.35. The van der Waals surface area contributed by atoms with E-state index in [2.05, 4.69) is 4.98 Å². The fourth-order valence-electron chi connectivity index (χ4n) is 3.27. The molecule has 8 heteroatoms. The Bertz CT molecular complexity index is 859. The predicted molar refractivity (Wildman–Crippen MR) is 87.2 cm³/mol. The van der Waals surface area contributed by atoms with Crippen LogP contribution in [0, 0.1) is 11.8 Å². The van der Waals surface area contributed by atoms with Crippen LogP contribution in [0.15, 0.2) is 24.5 Å². The zero-order chi connectivity index (χ0) is 16.8. The van der Waals surface area contributed by atoms with Gasteiger partial charge < -0.3 is 9.47 Å². The number of likely N-dealkylation sites (tertiary alicyclic amines) is 1. The van der Waals surface area contributed by atoms with Crippen LogP contribution in [-0.2, 0) is 17.1 Å². The normalized spacial score (nSPS) is 22.0. The number of aromatic nitrogens is 2. The molecule has 1 saturated heterocycles. The molecule has 0 saturated carbocycles. The molecule has 2 heterocycles. The van der Waals surface area contributed by atoms with E-state index in [1.807, 2.05) is 30.7 Å². The van der Waals surface area contributed by atoms with Crippen LogP contribution in [0.5, 0.6) is 0 Å². The predicted octanol–water partition coefficient (Wildman–Crippen LogP) is 0.570. The molecule has 0 radical (unpaired) electrons. The van der Waals surface area contributed by atoms with Gasteiger partial charge in [0.15, 0.2) is 0 Å². The average molecular weight is 336 g/mol. The molecule has 1 fully saturated rings. The molecule has 124 valence electrons. The average Bonchev–Trinajstić information content (AvgIpc) is 3.01. The van der Waals surface area contributed by atoms with E-state index in [-0.39, 0.29) is 23.5 Å². The largest absolute Gasteiger partial charge is 0.338 e. The van der Waals surface area contributed by atoms with Gasteiger partial charge in [0.05, 0.1) is 28.7 Å². The quantitative estimate of drug-likeness (QED) is 0.886. The number of benzene rings is 1. The summed E-state index contributed by atoms with van der Waals surface area (Å²) < 4.78 is 24.5. The minimum absolute atomic E-state index is 0.0894. The fourth-order valence-corrected chi connectivity index (χ4v) is 4.30. The van der Waals surface area contributed by atoms with Crippen molar-refractivity contribution < 1.29 is 13.2 Å². The van der Waals surface area contributed by atoms with Gasteiger partial charge in [-0.05, 0) is 24.0 Å². The summed E-state index contributed by atoms with van der Waals surface area (Å²) in [6.45, 7) is 2.89. The Kier molecular flexibility index (Phi) is 3.89. The van der Waals surface area contributed by atoms with E-state index >= 15 is 0 Å². The molecule has 1 aliphatic rings. The molecule has 0 bridgehead atoms. The molecule has 1 amide bonds. The zero-order valence-electron chi connectivity index (χ0n) is 13.1. The molecular weight excluding hydrogens is 316 g/mol. The summed E-state index contributed by atoms with van der Waals surface area (Å²) in [5.41, 5.74) is 2.15. The van der Waals surface area contributed by atoms with Crippen LogP contribution in [0.3, 0.4) is 0 Å². The number of carbonyl (C=O) groups is 1. The molecule has 1 aromatic heterocycles. The SMILES string of the molecule is C[C@H]1CN(C(=O)c2cccc3ncn(C)c23)C[C@@H]1CS(N)(=O)=O. The van der Waals surface area contributed by atoms with Gasteiger partial charge in [0, 0.05) is 20.1 Å². The van der Waals surface area contributed by atoms with Crippen LogP contribution in [0.25, 0.3) is 11.0 Å². The van der Waals surface area contributed by atoms with Crippen LogP contribution < -0.4 is 5.14 Å². The summed E-state index contributed by atoms with van der Waals surface area (Å²) in [5, 5.41) is 5.15. The van der Waals surface area contributed by atoms with Gasteiger partial charge in [-0.1, -0.05) is 13.0 Å². The molecule has 0 spiro atoms. The number of nitrogens with two attached hydrogens (primary N) is 1. The molecule has 23 heavy (non-hydrogen) atoms. The maximum Gasteiger partial charge on any atom is 0.256 e. The molecular formula is C15H20N4O3S. The van der Waals surface area contributed by atoms with Crippen molar-refractivity contribution in [2.45, 2.75) is 6.92 Å². The van der Waals surface area contributed by atoms with Crippen molar-refractivity contribution in [1.29, 1.82) is 0 Å². The highest BCUT2D eigenvalue weighted by atomic mass is 32.2. The molecule has 1 aliphatic heterocycles. The summed E-state index contributed by atoms with van der Waals surface area (Å²) in [7, 11) is -1.69. The van der Waals surface area contributed by atoms with Crippen LogP contribution in [0.4, 0.5) is 0 Å². The third-order valence-electron chi connectivity index (χ3n) is 4.47. The molecule has 3 rings (SSSR count). The van der Waals surface area contributed by atoms with Crippen LogP contribution in [0.1, 0.15) is 17.3 Å². The first-order chi connectivity index (χ1) is 10.8. The lowest BCUT2D eigenvalue weighted by molar-refractivity contribution is 0.0786. The van der Waals surface area contributed by atoms with Crippen molar-refractivity contribution in [2.75, 3.05) is 18.8 Å². The zero-order valence-corrected chi connectivity index (χ0v) is 14.0. The molecule has 2 aromatic rings. The van der Waals surface area contributed by atoms with E-state index < -0.39 is 10.0 Å². The first-order valence-electron chi connectivity index (χ1n) is 7.46. The number of fused-ring (bicyclic) bond motifs is 1. The second kappa shape index (κ2) is 5.61. The van der Waals surface area contributed by atoms with E-state index in [1.54, 1.807) is 17.3 Å². The number of amides is 1. The molecule has 0 aliphatic carbocycles. The van der Waals surface area contributed by atoms with Crippen molar-refractivity contribution in [1.82, 2.24) is 14.5 Å². The van der Waals surface area contributed by atoms with Crippen LogP contribution in [0.2, 0.25) is 0 Å². The van der Waals surface area contributed by atoms with Gasteiger partial charge in [0.25, 0.3) is 5.91 Å². The van der Waals surface area contributed by atoms with E-state index in [0.717, 1.165) is 11.0 Å². The number of primary sulfonamides is 1. The van der Waals surface area contributed by atoms with Crippen molar-refractivity contribution >= 4 is 27.0 Å². The lowest BCUT2D eigenvalue weighted by atomic mass is 10.0. The van der Waals surface area contributed by atoms with E-state index in [4.69, 9.17) is 5.14 Å². The summed E-state index contributed by atoms with van der Waals surface area (Å²) in [4.78, 5) is 18.8. The highest BCUT2D eigenvalue weighted by Crippen LogP contribution is 2.27. The molecule has 7 nitrogen and oxygen atoms in total. The number of imidazole rings is 1. The Morgan fingerprint density at radius 1 is 1.39 bits per heavy atom. The topological polar surface area (TPSA) is 98.3 Å². The van der Waals surface area contributed by atoms with Gasteiger partial charge in [0.1, 0.15) is 0 Å². The second-order valence-electron chi connectivity index (χ2n) is 6.31. The van der Waals surface area contributed by atoms with Gasteiger partial charge in [-0.15, -0.1) is 0 Å². The summed E-state index contributed by atoms with van der Waals surface area (Å²) in [6, 6.07) is 5.45. The lowest BCUT2D eigenvalue weighted by Gasteiger charge is -2.17. The van der Waals surface area contributed by atoms with Gasteiger partial charge in [0.2, 0.25) is 10.0 Å². The maximum atomic E-state index is 12.9. The number of rotatable bonds is 3. The minimum Gasteiger partial charge on any atom is -0.338 e. The monoisotopic (exact) mass is 336 g/mol. The molecule has 2 atom stereocenters. The van der Waals surface area contributed by atoms with Crippen LogP contribution in [-0.4, -0.2) is 47.6 Å². The lowest BCUT2D eigenvalue weighted by Crippen LogP contribution is -2.31. The molecule has 2 N–H and O–H groups in total. The van der Waals surface area contributed by atoms with Gasteiger partial charge in [-0.25, -0.2) is 18.5 Å². The molecule has 1 aromatic carbocycles. The van der Waals surface area contributed by atoms with E-state index in [0.29, 0.717) is 18.7 Å². The first kappa shape index (κ1) is 15.9. The number of sulfonamides is 1.